The van der Waals surface area contributed by atoms with Gasteiger partial charge in [0.25, 0.3) is 0 Å². The predicted octanol–water partition coefficient (Wildman–Crippen LogP) is 6.58. The largest absolute Gasteiger partial charge is 0.418 e. The van der Waals surface area contributed by atoms with E-state index in [4.69, 9.17) is 0 Å². The molecule has 4 nitrogen and oxygen atoms in total. The summed E-state index contributed by atoms with van der Waals surface area (Å²) in [7, 11) is 0. The number of anilines is 1. The number of amides is 1. The van der Waals surface area contributed by atoms with Crippen molar-refractivity contribution in [3.8, 4) is 0 Å². The highest BCUT2D eigenvalue weighted by Crippen LogP contribution is 2.64. The molecule has 1 aromatic rings. The van der Waals surface area contributed by atoms with Gasteiger partial charge in [-0.15, -0.1) is 0 Å². The van der Waals surface area contributed by atoms with Gasteiger partial charge in [-0.3, -0.25) is 9.59 Å². The van der Waals surface area contributed by atoms with Gasteiger partial charge in [0, 0.05) is 36.1 Å². The number of piperidine rings is 1. The van der Waals surface area contributed by atoms with E-state index in [1.807, 2.05) is 6.92 Å². The first-order valence-electron chi connectivity index (χ1n) is 12.7. The molecule has 202 valence electrons. The second-order valence-corrected chi connectivity index (χ2v) is 11.6. The molecular weight excluding hydrogens is 498 g/mol. The molecule has 3 aliphatic carbocycles. The number of allylic oxidation sites excluding steroid dienone is 2. The lowest BCUT2D eigenvalue weighted by atomic mass is 9.50. The SMILES string of the molecule is CC12CCC(=O)C=C1NCC1C2CCC2(C)C(C(=O)Nc3cc(C(F)(F)F)ccc3C(F)(F)F)CCC12. The van der Waals surface area contributed by atoms with Gasteiger partial charge < -0.3 is 10.6 Å². The van der Waals surface area contributed by atoms with Gasteiger partial charge in [0.05, 0.1) is 16.8 Å². The van der Waals surface area contributed by atoms with E-state index in [1.54, 1.807) is 6.08 Å². The molecule has 0 aromatic heterocycles. The fraction of sp³-hybridized carbons (Fsp3) is 0.630. The first kappa shape index (κ1) is 26.1. The van der Waals surface area contributed by atoms with Crippen LogP contribution in [-0.2, 0) is 21.9 Å². The molecule has 37 heavy (non-hydrogen) atoms. The molecule has 5 rings (SSSR count). The van der Waals surface area contributed by atoms with Crippen LogP contribution in [0.4, 0.5) is 32.0 Å². The molecule has 6 atom stereocenters. The molecule has 6 unspecified atom stereocenters. The molecule has 1 heterocycles. The average molecular weight is 529 g/mol. The second-order valence-electron chi connectivity index (χ2n) is 11.6. The molecule has 1 amide bonds. The minimum absolute atomic E-state index is 0.115. The molecule has 0 bridgehead atoms. The fourth-order valence-corrected chi connectivity index (χ4v) is 7.87. The Kier molecular flexibility index (Phi) is 5.99. The number of hydrogen-bond acceptors (Lipinski definition) is 3. The Bertz CT molecular complexity index is 1160. The number of rotatable bonds is 2. The number of benzene rings is 1. The van der Waals surface area contributed by atoms with Gasteiger partial charge in [-0.25, -0.2) is 0 Å². The van der Waals surface area contributed by atoms with Crippen LogP contribution in [0.3, 0.4) is 0 Å². The van der Waals surface area contributed by atoms with E-state index in [1.165, 1.54) is 0 Å². The van der Waals surface area contributed by atoms with E-state index in [9.17, 15) is 35.9 Å². The maximum absolute atomic E-state index is 13.6. The lowest BCUT2D eigenvalue weighted by Crippen LogP contribution is -2.57. The lowest BCUT2D eigenvalue weighted by molar-refractivity contribution is -0.141. The van der Waals surface area contributed by atoms with Crippen molar-refractivity contribution in [2.24, 2.45) is 34.5 Å². The summed E-state index contributed by atoms with van der Waals surface area (Å²) in [4.78, 5) is 25.4. The lowest BCUT2D eigenvalue weighted by Gasteiger charge is -2.58. The van der Waals surface area contributed by atoms with Gasteiger partial charge in [-0.1, -0.05) is 13.8 Å². The van der Waals surface area contributed by atoms with Gasteiger partial charge >= 0.3 is 12.4 Å². The smallest absolute Gasteiger partial charge is 0.387 e. The van der Waals surface area contributed by atoms with Gasteiger partial charge in [0.1, 0.15) is 0 Å². The average Bonchev–Trinajstić information content (AvgIpc) is 3.15. The molecule has 2 N–H and O–H groups in total. The minimum atomic E-state index is -4.91. The zero-order valence-electron chi connectivity index (χ0n) is 20.7. The van der Waals surface area contributed by atoms with E-state index >= 15 is 0 Å². The van der Waals surface area contributed by atoms with E-state index in [0.717, 1.165) is 25.0 Å². The fourth-order valence-electron chi connectivity index (χ4n) is 7.87. The van der Waals surface area contributed by atoms with Crippen LogP contribution < -0.4 is 10.6 Å². The quantitative estimate of drug-likeness (QED) is 0.427. The number of alkyl halides is 6. The molecule has 1 saturated heterocycles. The monoisotopic (exact) mass is 528 g/mol. The normalized spacial score (nSPS) is 35.6. The topological polar surface area (TPSA) is 58.2 Å². The van der Waals surface area contributed by atoms with Crippen LogP contribution in [0.25, 0.3) is 0 Å². The van der Waals surface area contributed by atoms with E-state index < -0.39 is 46.4 Å². The molecule has 10 heteroatoms. The Morgan fingerprint density at radius 1 is 1.00 bits per heavy atom. The van der Waals surface area contributed by atoms with Crippen molar-refractivity contribution in [3.63, 3.8) is 0 Å². The standard InChI is InChI=1S/C27H30F6N2O2/c1-24-10-8-18-16(13-34-22-12-15(36)7-9-25(18,22)2)17(24)5-6-20(24)23(37)35-21-11-14(26(28,29)30)3-4-19(21)27(31,32)33/h3-4,11-12,16-18,20,34H,5-10,13H2,1-2H3,(H,35,37). The van der Waals surface area contributed by atoms with Crippen LogP contribution >= 0.6 is 0 Å². The van der Waals surface area contributed by atoms with Crippen LogP contribution in [0.15, 0.2) is 30.0 Å². The summed E-state index contributed by atoms with van der Waals surface area (Å²) in [5, 5.41) is 5.70. The van der Waals surface area contributed by atoms with Crippen molar-refractivity contribution >= 4 is 17.4 Å². The summed E-state index contributed by atoms with van der Waals surface area (Å²) in [5.74, 6) is -0.433. The van der Waals surface area contributed by atoms with Crippen LogP contribution in [-0.4, -0.2) is 18.2 Å². The molecule has 3 fully saturated rings. The predicted molar refractivity (Wildman–Crippen MR) is 124 cm³/mol. The molecule has 1 aliphatic heterocycles. The zero-order valence-corrected chi connectivity index (χ0v) is 20.7. The van der Waals surface area contributed by atoms with E-state index in [2.05, 4.69) is 17.6 Å². The van der Waals surface area contributed by atoms with Crippen molar-refractivity contribution in [1.82, 2.24) is 5.32 Å². The summed E-state index contributed by atoms with van der Waals surface area (Å²) >= 11 is 0. The van der Waals surface area contributed by atoms with Crippen LogP contribution in [0.1, 0.15) is 63.5 Å². The van der Waals surface area contributed by atoms with Gasteiger partial charge in [0.2, 0.25) is 5.91 Å². The van der Waals surface area contributed by atoms with Crippen LogP contribution in [0.2, 0.25) is 0 Å². The van der Waals surface area contributed by atoms with Crippen molar-refractivity contribution in [2.45, 2.75) is 64.7 Å². The van der Waals surface area contributed by atoms with Crippen molar-refractivity contribution in [2.75, 3.05) is 11.9 Å². The number of carbonyl (C=O) groups is 2. The highest BCUT2D eigenvalue weighted by molar-refractivity contribution is 5.94. The second kappa shape index (κ2) is 8.50. The number of ketones is 1. The first-order valence-corrected chi connectivity index (χ1v) is 12.7. The van der Waals surface area contributed by atoms with Crippen molar-refractivity contribution in [3.05, 3.63) is 41.1 Å². The summed E-state index contributed by atoms with van der Waals surface area (Å²) in [5.41, 5.74) is -3.06. The third-order valence-corrected chi connectivity index (χ3v) is 9.82. The Balaban J connectivity index is 1.40. The molecule has 0 radical (unpaired) electrons. The van der Waals surface area contributed by atoms with Crippen LogP contribution in [0, 0.1) is 34.5 Å². The summed E-state index contributed by atoms with van der Waals surface area (Å²) in [6.45, 7) is 4.85. The minimum Gasteiger partial charge on any atom is -0.387 e. The van der Waals surface area contributed by atoms with Gasteiger partial charge in [0.15, 0.2) is 5.78 Å². The molecular formula is C27H30F6N2O2. The third kappa shape index (κ3) is 4.24. The molecule has 4 aliphatic rings. The Labute approximate surface area is 211 Å². The highest BCUT2D eigenvalue weighted by atomic mass is 19.4. The zero-order chi connectivity index (χ0) is 27.0. The number of carbonyl (C=O) groups excluding carboxylic acids is 2. The molecule has 2 saturated carbocycles. The number of hydrogen-bond donors (Lipinski definition) is 2. The number of fused-ring (bicyclic) bond motifs is 5. The third-order valence-electron chi connectivity index (χ3n) is 9.82. The van der Waals surface area contributed by atoms with Crippen molar-refractivity contribution in [1.29, 1.82) is 0 Å². The molecule has 1 aromatic carbocycles. The Hall–Kier alpha value is -2.52. The van der Waals surface area contributed by atoms with Gasteiger partial charge in [-0.05, 0) is 73.5 Å². The van der Waals surface area contributed by atoms with Gasteiger partial charge in [-0.2, -0.15) is 26.3 Å². The maximum atomic E-state index is 13.6. The summed E-state index contributed by atoms with van der Waals surface area (Å²) in [6, 6.07) is 1.12. The highest BCUT2D eigenvalue weighted by Gasteiger charge is 2.60. The number of nitrogens with one attached hydrogen (secondary N) is 2. The van der Waals surface area contributed by atoms with E-state index in [-0.39, 0.29) is 23.0 Å². The van der Waals surface area contributed by atoms with E-state index in [0.29, 0.717) is 49.9 Å². The number of halogens is 6. The maximum Gasteiger partial charge on any atom is 0.418 e. The van der Waals surface area contributed by atoms with Crippen LogP contribution in [0.5, 0.6) is 0 Å². The molecule has 0 spiro atoms. The first-order chi connectivity index (χ1) is 17.1. The Morgan fingerprint density at radius 3 is 2.41 bits per heavy atom. The summed E-state index contributed by atoms with van der Waals surface area (Å²) in [6.07, 6.45) is -4.08. The summed E-state index contributed by atoms with van der Waals surface area (Å²) < 4.78 is 80.4. The Morgan fingerprint density at radius 2 is 1.73 bits per heavy atom. The van der Waals surface area contributed by atoms with Crippen molar-refractivity contribution < 1.29 is 35.9 Å².